The van der Waals surface area contributed by atoms with Crippen molar-refractivity contribution in [2.45, 2.75) is 32.4 Å². The minimum atomic E-state index is 0.468. The Kier molecular flexibility index (Phi) is 6.04. The lowest BCUT2D eigenvalue weighted by Crippen LogP contribution is -2.35. The molecule has 1 N–H and O–H groups in total. The number of nitrogens with one attached hydrogen (secondary N) is 1. The summed E-state index contributed by atoms with van der Waals surface area (Å²) in [6.45, 7) is 4.83. The van der Waals surface area contributed by atoms with Crippen LogP contribution in [0.3, 0.4) is 0 Å². The Labute approximate surface area is 91.6 Å². The van der Waals surface area contributed by atoms with Gasteiger partial charge in [0.05, 0.1) is 13.2 Å². The number of ether oxygens (including phenoxy) is 1. The SMILES string of the molecule is CCCC(COC)NCCn1cccn1. The Morgan fingerprint density at radius 3 is 3.00 bits per heavy atom. The van der Waals surface area contributed by atoms with Gasteiger partial charge in [-0.15, -0.1) is 0 Å². The van der Waals surface area contributed by atoms with E-state index in [2.05, 4.69) is 17.3 Å². The molecule has 1 unspecified atom stereocenters. The van der Waals surface area contributed by atoms with Gasteiger partial charge < -0.3 is 10.1 Å². The number of aromatic nitrogens is 2. The topological polar surface area (TPSA) is 39.1 Å². The zero-order chi connectivity index (χ0) is 10.9. The summed E-state index contributed by atoms with van der Waals surface area (Å²) in [6, 6.07) is 2.41. The van der Waals surface area contributed by atoms with E-state index in [1.807, 2.05) is 16.9 Å². The van der Waals surface area contributed by atoms with Crippen LogP contribution in [0.15, 0.2) is 18.5 Å². The van der Waals surface area contributed by atoms with E-state index in [0.29, 0.717) is 6.04 Å². The summed E-state index contributed by atoms with van der Waals surface area (Å²) in [4.78, 5) is 0. The molecule has 0 bridgehead atoms. The summed E-state index contributed by atoms with van der Waals surface area (Å²) < 4.78 is 7.09. The van der Waals surface area contributed by atoms with Crippen LogP contribution in [0.4, 0.5) is 0 Å². The van der Waals surface area contributed by atoms with Crippen molar-refractivity contribution < 1.29 is 4.74 Å². The monoisotopic (exact) mass is 211 g/mol. The van der Waals surface area contributed by atoms with E-state index in [0.717, 1.165) is 26.1 Å². The van der Waals surface area contributed by atoms with Gasteiger partial charge in [0.25, 0.3) is 0 Å². The third-order valence-electron chi connectivity index (χ3n) is 2.34. The predicted molar refractivity (Wildman–Crippen MR) is 60.8 cm³/mol. The van der Waals surface area contributed by atoms with Crippen LogP contribution in [0.5, 0.6) is 0 Å². The van der Waals surface area contributed by atoms with Crippen molar-refractivity contribution in [3.63, 3.8) is 0 Å². The van der Waals surface area contributed by atoms with Crippen LogP contribution < -0.4 is 5.32 Å². The van der Waals surface area contributed by atoms with E-state index in [4.69, 9.17) is 4.74 Å². The largest absolute Gasteiger partial charge is 0.383 e. The van der Waals surface area contributed by atoms with Crippen LogP contribution in [0, 0.1) is 0 Å². The van der Waals surface area contributed by atoms with Gasteiger partial charge in [0.2, 0.25) is 0 Å². The standard InChI is InChI=1S/C11H21N3O/c1-3-5-11(10-15-2)12-7-9-14-8-4-6-13-14/h4,6,8,11-12H,3,5,7,9-10H2,1-2H3. The highest BCUT2D eigenvalue weighted by molar-refractivity contribution is 4.78. The normalized spacial score (nSPS) is 12.9. The maximum atomic E-state index is 5.16. The molecule has 4 nitrogen and oxygen atoms in total. The van der Waals surface area contributed by atoms with Gasteiger partial charge in [-0.3, -0.25) is 4.68 Å². The summed E-state index contributed by atoms with van der Waals surface area (Å²) >= 11 is 0. The summed E-state index contributed by atoms with van der Waals surface area (Å²) in [7, 11) is 1.75. The van der Waals surface area contributed by atoms with Crippen LogP contribution >= 0.6 is 0 Å². The molecule has 4 heteroatoms. The highest BCUT2D eigenvalue weighted by atomic mass is 16.5. The third-order valence-corrected chi connectivity index (χ3v) is 2.34. The molecule has 0 aliphatic rings. The Morgan fingerprint density at radius 2 is 2.40 bits per heavy atom. The minimum absolute atomic E-state index is 0.468. The van der Waals surface area contributed by atoms with Crippen LogP contribution in [0.2, 0.25) is 0 Å². The average molecular weight is 211 g/mol. The molecular formula is C11H21N3O. The number of hydrogen-bond donors (Lipinski definition) is 1. The lowest BCUT2D eigenvalue weighted by atomic mass is 10.2. The molecule has 0 spiro atoms. The fourth-order valence-electron chi connectivity index (χ4n) is 1.61. The van der Waals surface area contributed by atoms with Gasteiger partial charge in [-0.25, -0.2) is 0 Å². The molecule has 1 rings (SSSR count). The van der Waals surface area contributed by atoms with Crippen LogP contribution in [-0.2, 0) is 11.3 Å². The maximum Gasteiger partial charge on any atom is 0.0615 e. The first-order valence-electron chi connectivity index (χ1n) is 5.56. The molecule has 1 heterocycles. The van der Waals surface area contributed by atoms with Gasteiger partial charge in [-0.2, -0.15) is 5.10 Å². The summed E-state index contributed by atoms with van der Waals surface area (Å²) in [6.07, 6.45) is 6.13. The second-order valence-corrected chi connectivity index (χ2v) is 3.66. The molecule has 0 fully saturated rings. The average Bonchev–Trinajstić information content (AvgIpc) is 2.71. The van der Waals surface area contributed by atoms with Gasteiger partial charge in [-0.1, -0.05) is 13.3 Å². The smallest absolute Gasteiger partial charge is 0.0615 e. The zero-order valence-electron chi connectivity index (χ0n) is 9.65. The molecule has 0 aliphatic heterocycles. The van der Waals surface area contributed by atoms with Crippen molar-refractivity contribution in [1.82, 2.24) is 15.1 Å². The van der Waals surface area contributed by atoms with Crippen LogP contribution in [0.25, 0.3) is 0 Å². The summed E-state index contributed by atoms with van der Waals surface area (Å²) in [5, 5.41) is 7.62. The Hall–Kier alpha value is -0.870. The maximum absolute atomic E-state index is 5.16. The highest BCUT2D eigenvalue weighted by Crippen LogP contribution is 1.96. The predicted octanol–water partition coefficient (Wildman–Crippen LogP) is 1.29. The summed E-state index contributed by atoms with van der Waals surface area (Å²) in [5.74, 6) is 0. The second kappa shape index (κ2) is 7.43. The first-order valence-corrected chi connectivity index (χ1v) is 5.56. The van der Waals surface area contributed by atoms with E-state index in [1.165, 1.54) is 6.42 Å². The summed E-state index contributed by atoms with van der Waals surface area (Å²) in [5.41, 5.74) is 0. The van der Waals surface area contributed by atoms with Gasteiger partial charge in [0, 0.05) is 32.1 Å². The van der Waals surface area contributed by atoms with E-state index < -0.39 is 0 Å². The van der Waals surface area contributed by atoms with Crippen molar-refractivity contribution in [2.75, 3.05) is 20.3 Å². The molecule has 15 heavy (non-hydrogen) atoms. The van der Waals surface area contributed by atoms with Gasteiger partial charge in [0.1, 0.15) is 0 Å². The lowest BCUT2D eigenvalue weighted by molar-refractivity contribution is 0.161. The van der Waals surface area contributed by atoms with E-state index in [1.54, 1.807) is 13.3 Å². The Balaban J connectivity index is 2.15. The number of methoxy groups -OCH3 is 1. The molecular weight excluding hydrogens is 190 g/mol. The van der Waals surface area contributed by atoms with Crippen LogP contribution in [-0.4, -0.2) is 36.1 Å². The quantitative estimate of drug-likeness (QED) is 0.704. The first kappa shape index (κ1) is 12.2. The Morgan fingerprint density at radius 1 is 1.53 bits per heavy atom. The molecule has 1 aromatic rings. The number of hydrogen-bond acceptors (Lipinski definition) is 3. The fraction of sp³-hybridized carbons (Fsp3) is 0.727. The fourth-order valence-corrected chi connectivity index (χ4v) is 1.61. The van der Waals surface area contributed by atoms with Gasteiger partial charge in [-0.05, 0) is 12.5 Å². The van der Waals surface area contributed by atoms with E-state index in [9.17, 15) is 0 Å². The molecule has 0 saturated carbocycles. The van der Waals surface area contributed by atoms with Crippen molar-refractivity contribution in [3.05, 3.63) is 18.5 Å². The second-order valence-electron chi connectivity index (χ2n) is 3.66. The molecule has 1 atom stereocenters. The molecule has 0 aliphatic carbocycles. The van der Waals surface area contributed by atoms with Gasteiger partial charge in [0.15, 0.2) is 0 Å². The molecule has 0 amide bonds. The molecule has 0 radical (unpaired) electrons. The molecule has 0 saturated heterocycles. The van der Waals surface area contributed by atoms with Gasteiger partial charge >= 0.3 is 0 Å². The molecule has 0 aromatic carbocycles. The Bertz CT molecular complexity index is 230. The number of rotatable bonds is 8. The van der Waals surface area contributed by atoms with Crippen LogP contribution in [0.1, 0.15) is 19.8 Å². The lowest BCUT2D eigenvalue weighted by Gasteiger charge is -2.16. The number of nitrogens with zero attached hydrogens (tertiary/aromatic N) is 2. The van der Waals surface area contributed by atoms with Crippen molar-refractivity contribution in [3.8, 4) is 0 Å². The van der Waals surface area contributed by atoms with E-state index in [-0.39, 0.29) is 0 Å². The van der Waals surface area contributed by atoms with Crippen molar-refractivity contribution >= 4 is 0 Å². The van der Waals surface area contributed by atoms with E-state index >= 15 is 0 Å². The first-order chi connectivity index (χ1) is 7.36. The molecule has 86 valence electrons. The van der Waals surface area contributed by atoms with Crippen molar-refractivity contribution in [2.24, 2.45) is 0 Å². The highest BCUT2D eigenvalue weighted by Gasteiger charge is 2.05. The minimum Gasteiger partial charge on any atom is -0.383 e. The zero-order valence-corrected chi connectivity index (χ0v) is 9.65. The molecule has 1 aromatic heterocycles. The van der Waals surface area contributed by atoms with Crippen molar-refractivity contribution in [1.29, 1.82) is 0 Å². The third kappa shape index (κ3) is 4.95.